The smallest absolute Gasteiger partial charge is 0.246 e. The third-order valence-electron chi connectivity index (χ3n) is 4.04. The van der Waals surface area contributed by atoms with Crippen molar-refractivity contribution in [2.24, 2.45) is 5.41 Å². The number of hydrogen-bond donors (Lipinski definition) is 2. The SMILES string of the molecule is COC1(OC)CC(C=O)(C=O)C=C(c2ccccc2)C1(O)O. The van der Waals surface area contributed by atoms with Gasteiger partial charge in [-0.05, 0) is 5.56 Å². The molecule has 2 N–H and O–H groups in total. The van der Waals surface area contributed by atoms with Crippen LogP contribution in [0.2, 0.25) is 0 Å². The molecule has 1 aromatic rings. The average molecular weight is 306 g/mol. The molecular weight excluding hydrogens is 288 g/mol. The zero-order valence-corrected chi connectivity index (χ0v) is 12.4. The number of aldehydes is 2. The molecule has 0 spiro atoms. The maximum Gasteiger partial charge on any atom is 0.246 e. The summed E-state index contributed by atoms with van der Waals surface area (Å²) in [5.74, 6) is -4.48. The highest BCUT2D eigenvalue weighted by Gasteiger charge is 2.61. The Kier molecular flexibility index (Phi) is 4.30. The summed E-state index contributed by atoms with van der Waals surface area (Å²) in [6.07, 6.45) is 1.80. The first-order valence-electron chi connectivity index (χ1n) is 6.67. The van der Waals surface area contributed by atoms with Gasteiger partial charge >= 0.3 is 0 Å². The van der Waals surface area contributed by atoms with Crippen LogP contribution in [0.4, 0.5) is 0 Å². The molecule has 6 nitrogen and oxygen atoms in total. The minimum atomic E-state index is -2.53. The van der Waals surface area contributed by atoms with Crippen LogP contribution in [0.3, 0.4) is 0 Å². The summed E-state index contributed by atoms with van der Waals surface area (Å²) in [6, 6.07) is 8.43. The monoisotopic (exact) mass is 306 g/mol. The van der Waals surface area contributed by atoms with Gasteiger partial charge in [0.25, 0.3) is 0 Å². The van der Waals surface area contributed by atoms with E-state index in [-0.39, 0.29) is 12.0 Å². The molecule has 0 fully saturated rings. The van der Waals surface area contributed by atoms with Crippen LogP contribution < -0.4 is 0 Å². The van der Waals surface area contributed by atoms with Gasteiger partial charge in [0.15, 0.2) is 0 Å². The van der Waals surface area contributed by atoms with Gasteiger partial charge in [0.1, 0.15) is 18.0 Å². The molecular formula is C16H18O6. The van der Waals surface area contributed by atoms with E-state index in [9.17, 15) is 19.8 Å². The van der Waals surface area contributed by atoms with Crippen LogP contribution in [0, 0.1) is 5.41 Å². The van der Waals surface area contributed by atoms with Crippen LogP contribution in [0.25, 0.3) is 5.57 Å². The maximum absolute atomic E-state index is 11.5. The van der Waals surface area contributed by atoms with Crippen molar-refractivity contribution in [3.63, 3.8) is 0 Å². The number of ether oxygens (including phenoxy) is 2. The molecule has 0 unspecified atom stereocenters. The van der Waals surface area contributed by atoms with Gasteiger partial charge in [-0.1, -0.05) is 36.4 Å². The van der Waals surface area contributed by atoms with E-state index in [0.29, 0.717) is 18.1 Å². The molecule has 0 radical (unpaired) electrons. The summed E-state index contributed by atoms with van der Waals surface area (Å²) in [7, 11) is 2.44. The van der Waals surface area contributed by atoms with Crippen molar-refractivity contribution < 1.29 is 29.3 Å². The summed E-state index contributed by atoms with van der Waals surface area (Å²) in [6.45, 7) is 0. The van der Waals surface area contributed by atoms with Crippen molar-refractivity contribution in [3.8, 4) is 0 Å². The predicted octanol–water partition coefficient (Wildman–Crippen LogP) is 0.528. The molecule has 1 aliphatic carbocycles. The lowest BCUT2D eigenvalue weighted by atomic mass is 9.70. The summed E-state index contributed by atoms with van der Waals surface area (Å²) in [5.41, 5.74) is -1.15. The van der Waals surface area contributed by atoms with Crippen LogP contribution in [-0.4, -0.2) is 48.6 Å². The Morgan fingerprint density at radius 3 is 2.05 bits per heavy atom. The number of rotatable bonds is 5. The molecule has 2 rings (SSSR count). The van der Waals surface area contributed by atoms with Crippen molar-refractivity contribution in [2.45, 2.75) is 18.0 Å². The van der Waals surface area contributed by atoms with Crippen LogP contribution in [0.5, 0.6) is 0 Å². The van der Waals surface area contributed by atoms with Crippen LogP contribution in [0.15, 0.2) is 36.4 Å². The van der Waals surface area contributed by atoms with E-state index < -0.39 is 17.0 Å². The highest BCUT2D eigenvalue weighted by molar-refractivity contribution is 5.92. The molecule has 0 heterocycles. The van der Waals surface area contributed by atoms with Gasteiger partial charge < -0.3 is 29.3 Å². The largest absolute Gasteiger partial charge is 0.358 e. The number of aliphatic hydroxyl groups is 2. The molecule has 1 aromatic carbocycles. The number of methoxy groups -OCH3 is 2. The Hall–Kier alpha value is -1.86. The van der Waals surface area contributed by atoms with Crippen LogP contribution in [-0.2, 0) is 19.1 Å². The molecule has 0 aliphatic heterocycles. The number of carbonyl (C=O) groups is 2. The minimum absolute atomic E-state index is 0.0257. The lowest BCUT2D eigenvalue weighted by Crippen LogP contribution is -2.62. The fourth-order valence-electron chi connectivity index (χ4n) is 2.75. The van der Waals surface area contributed by atoms with Gasteiger partial charge in [-0.2, -0.15) is 0 Å². The van der Waals surface area contributed by atoms with Gasteiger partial charge in [-0.3, -0.25) is 0 Å². The van der Waals surface area contributed by atoms with Crippen molar-refractivity contribution >= 4 is 18.1 Å². The molecule has 0 amide bonds. The highest BCUT2D eigenvalue weighted by Crippen LogP contribution is 2.48. The van der Waals surface area contributed by atoms with E-state index in [1.165, 1.54) is 20.3 Å². The van der Waals surface area contributed by atoms with Gasteiger partial charge in [-0.25, -0.2) is 0 Å². The normalized spacial score (nSPS) is 21.7. The van der Waals surface area contributed by atoms with Gasteiger partial charge in [0.2, 0.25) is 11.6 Å². The minimum Gasteiger partial charge on any atom is -0.358 e. The number of allylic oxidation sites excluding steroid dienone is 1. The second-order valence-electron chi connectivity index (χ2n) is 5.28. The molecule has 0 bridgehead atoms. The second kappa shape index (κ2) is 5.73. The fraction of sp³-hybridized carbons (Fsp3) is 0.375. The van der Waals surface area contributed by atoms with Crippen molar-refractivity contribution in [1.82, 2.24) is 0 Å². The first kappa shape index (κ1) is 16.5. The molecule has 22 heavy (non-hydrogen) atoms. The molecule has 0 saturated heterocycles. The van der Waals surface area contributed by atoms with E-state index in [1.54, 1.807) is 30.3 Å². The summed E-state index contributed by atoms with van der Waals surface area (Å²) in [5, 5.41) is 21.3. The van der Waals surface area contributed by atoms with Gasteiger partial charge in [-0.15, -0.1) is 0 Å². The number of hydrogen-bond acceptors (Lipinski definition) is 6. The quantitative estimate of drug-likeness (QED) is 0.468. The first-order valence-corrected chi connectivity index (χ1v) is 6.67. The lowest BCUT2D eigenvalue weighted by Gasteiger charge is -2.48. The predicted molar refractivity (Wildman–Crippen MR) is 77.5 cm³/mol. The second-order valence-corrected chi connectivity index (χ2v) is 5.28. The molecule has 0 aromatic heterocycles. The van der Waals surface area contributed by atoms with E-state index in [2.05, 4.69) is 0 Å². The molecule has 1 aliphatic rings. The third kappa shape index (κ3) is 2.30. The van der Waals surface area contributed by atoms with Crippen molar-refractivity contribution in [3.05, 3.63) is 42.0 Å². The Bertz CT molecular complexity index is 578. The van der Waals surface area contributed by atoms with E-state index in [1.807, 2.05) is 0 Å². The number of benzene rings is 1. The zero-order chi connectivity index (χ0) is 16.4. The summed E-state index contributed by atoms with van der Waals surface area (Å²) < 4.78 is 10.3. The van der Waals surface area contributed by atoms with Crippen molar-refractivity contribution in [1.29, 1.82) is 0 Å². The Morgan fingerprint density at radius 2 is 1.59 bits per heavy atom. The average Bonchev–Trinajstić information content (AvgIpc) is 2.56. The van der Waals surface area contributed by atoms with Crippen LogP contribution in [0.1, 0.15) is 12.0 Å². The Labute approximate surface area is 128 Å². The zero-order valence-electron chi connectivity index (χ0n) is 12.4. The lowest BCUT2D eigenvalue weighted by molar-refractivity contribution is -0.356. The van der Waals surface area contributed by atoms with E-state index >= 15 is 0 Å². The number of carbonyl (C=O) groups excluding carboxylic acids is 2. The van der Waals surface area contributed by atoms with Crippen LogP contribution >= 0.6 is 0 Å². The third-order valence-corrected chi connectivity index (χ3v) is 4.04. The van der Waals surface area contributed by atoms with E-state index in [0.717, 1.165) is 0 Å². The van der Waals surface area contributed by atoms with Gasteiger partial charge in [0.05, 0.1) is 0 Å². The molecule has 6 heteroatoms. The summed E-state index contributed by atoms with van der Waals surface area (Å²) >= 11 is 0. The van der Waals surface area contributed by atoms with Gasteiger partial charge in [0, 0.05) is 26.2 Å². The Morgan fingerprint density at radius 1 is 1.05 bits per heavy atom. The molecule has 0 atom stereocenters. The molecule has 118 valence electrons. The van der Waals surface area contributed by atoms with Crippen molar-refractivity contribution in [2.75, 3.05) is 14.2 Å². The fourth-order valence-corrected chi connectivity index (χ4v) is 2.75. The highest BCUT2D eigenvalue weighted by atomic mass is 16.7. The summed E-state index contributed by atoms with van der Waals surface area (Å²) in [4.78, 5) is 22.9. The Balaban J connectivity index is 2.73. The first-order chi connectivity index (χ1) is 10.4. The maximum atomic E-state index is 11.5. The topological polar surface area (TPSA) is 93.1 Å². The molecule has 0 saturated carbocycles. The standard InChI is InChI=1S/C16H18O6/c1-21-15(22-2)9-14(10-17,11-18)8-13(16(15,19)20)12-6-4-3-5-7-12/h3-8,10-11,19-20H,9H2,1-2H3. The van der Waals surface area contributed by atoms with E-state index in [4.69, 9.17) is 9.47 Å².